The van der Waals surface area contributed by atoms with Crippen LogP contribution in [-0.2, 0) is 17.7 Å². The van der Waals surface area contributed by atoms with Crippen LogP contribution in [-0.4, -0.2) is 28.3 Å². The van der Waals surface area contributed by atoms with Gasteiger partial charge in [-0.3, -0.25) is 0 Å². The molecule has 4 nitrogen and oxygen atoms in total. The van der Waals surface area contributed by atoms with Gasteiger partial charge in [0.05, 0.1) is 12.4 Å². The summed E-state index contributed by atoms with van der Waals surface area (Å²) in [6.45, 7) is 4.02. The van der Waals surface area contributed by atoms with Crippen molar-refractivity contribution in [2.45, 2.75) is 64.1 Å². The van der Waals surface area contributed by atoms with E-state index in [4.69, 9.17) is 10.5 Å². The standard InChI is InChI=1S/C14H25N3O/c1-2-13-10-16-11-17(13)8-3-9-18-14-6-4-12(15)5-7-14/h10-12,14H,2-9,15H2,1H3. The molecule has 1 aliphatic carbocycles. The first-order chi connectivity index (χ1) is 8.79. The number of nitrogens with zero attached hydrogens (tertiary/aromatic N) is 2. The summed E-state index contributed by atoms with van der Waals surface area (Å²) in [5.74, 6) is 0. The van der Waals surface area contributed by atoms with Crippen molar-refractivity contribution in [2.24, 2.45) is 5.73 Å². The lowest BCUT2D eigenvalue weighted by molar-refractivity contribution is 0.0225. The molecule has 1 aromatic rings. The molecule has 1 heterocycles. The second-order valence-corrected chi connectivity index (χ2v) is 5.19. The van der Waals surface area contributed by atoms with Gasteiger partial charge in [-0.2, -0.15) is 0 Å². The van der Waals surface area contributed by atoms with Crippen molar-refractivity contribution in [1.29, 1.82) is 0 Å². The van der Waals surface area contributed by atoms with E-state index in [0.717, 1.165) is 51.7 Å². The summed E-state index contributed by atoms with van der Waals surface area (Å²) in [5.41, 5.74) is 7.19. The summed E-state index contributed by atoms with van der Waals surface area (Å²) in [6.07, 6.45) is 10.9. The molecule has 0 unspecified atom stereocenters. The zero-order chi connectivity index (χ0) is 12.8. The molecular formula is C14H25N3O. The Balaban J connectivity index is 1.61. The zero-order valence-electron chi connectivity index (χ0n) is 11.3. The van der Waals surface area contributed by atoms with Gasteiger partial charge < -0.3 is 15.0 Å². The fourth-order valence-electron chi connectivity index (χ4n) is 2.58. The normalized spacial score (nSPS) is 24.3. The smallest absolute Gasteiger partial charge is 0.0948 e. The number of hydrogen-bond donors (Lipinski definition) is 1. The van der Waals surface area contributed by atoms with E-state index in [1.54, 1.807) is 0 Å². The molecule has 0 atom stereocenters. The third-order valence-corrected chi connectivity index (χ3v) is 3.78. The van der Waals surface area contributed by atoms with Crippen LogP contribution in [0, 0.1) is 0 Å². The van der Waals surface area contributed by atoms with Gasteiger partial charge in [-0.05, 0) is 38.5 Å². The summed E-state index contributed by atoms with van der Waals surface area (Å²) in [7, 11) is 0. The molecule has 1 aromatic heterocycles. The third kappa shape index (κ3) is 3.82. The van der Waals surface area contributed by atoms with E-state index < -0.39 is 0 Å². The van der Waals surface area contributed by atoms with E-state index in [1.807, 2.05) is 12.5 Å². The van der Waals surface area contributed by atoms with E-state index in [0.29, 0.717) is 12.1 Å². The molecular weight excluding hydrogens is 226 g/mol. The number of nitrogens with two attached hydrogens (primary N) is 1. The van der Waals surface area contributed by atoms with Crippen molar-refractivity contribution >= 4 is 0 Å². The van der Waals surface area contributed by atoms with Gasteiger partial charge in [0.2, 0.25) is 0 Å². The maximum absolute atomic E-state index is 5.91. The first-order valence-electron chi connectivity index (χ1n) is 7.15. The maximum Gasteiger partial charge on any atom is 0.0948 e. The quantitative estimate of drug-likeness (QED) is 0.788. The second-order valence-electron chi connectivity index (χ2n) is 5.19. The Morgan fingerprint density at radius 3 is 2.89 bits per heavy atom. The van der Waals surface area contributed by atoms with E-state index in [-0.39, 0.29) is 0 Å². The van der Waals surface area contributed by atoms with Crippen LogP contribution in [0.2, 0.25) is 0 Å². The Labute approximate surface area is 110 Å². The molecule has 0 saturated heterocycles. The largest absolute Gasteiger partial charge is 0.378 e. The van der Waals surface area contributed by atoms with Gasteiger partial charge in [0, 0.05) is 31.1 Å². The summed E-state index contributed by atoms with van der Waals surface area (Å²) < 4.78 is 8.14. The van der Waals surface area contributed by atoms with Crippen LogP contribution in [0.4, 0.5) is 0 Å². The average molecular weight is 251 g/mol. The lowest BCUT2D eigenvalue weighted by Crippen LogP contribution is -2.30. The molecule has 1 saturated carbocycles. The molecule has 1 aliphatic rings. The molecule has 0 spiro atoms. The number of aryl methyl sites for hydroxylation is 2. The number of rotatable bonds is 6. The molecule has 0 aliphatic heterocycles. The van der Waals surface area contributed by atoms with Gasteiger partial charge in [-0.25, -0.2) is 4.98 Å². The lowest BCUT2D eigenvalue weighted by atomic mass is 9.94. The lowest BCUT2D eigenvalue weighted by Gasteiger charge is -2.26. The predicted octanol–water partition coefficient (Wildman–Crippen LogP) is 2.12. The molecule has 0 radical (unpaired) electrons. The van der Waals surface area contributed by atoms with Crippen LogP contribution >= 0.6 is 0 Å². The van der Waals surface area contributed by atoms with E-state index in [1.165, 1.54) is 5.69 Å². The van der Waals surface area contributed by atoms with Crippen LogP contribution in [0.15, 0.2) is 12.5 Å². The predicted molar refractivity (Wildman–Crippen MR) is 72.4 cm³/mol. The highest BCUT2D eigenvalue weighted by Crippen LogP contribution is 2.19. The Hall–Kier alpha value is -0.870. The number of ether oxygens (including phenoxy) is 1. The highest BCUT2D eigenvalue weighted by molar-refractivity contribution is 4.97. The van der Waals surface area contributed by atoms with Gasteiger partial charge in [-0.15, -0.1) is 0 Å². The minimum atomic E-state index is 0.405. The van der Waals surface area contributed by atoms with Gasteiger partial charge in [-0.1, -0.05) is 6.92 Å². The topological polar surface area (TPSA) is 53.1 Å². The van der Waals surface area contributed by atoms with E-state index in [2.05, 4.69) is 16.5 Å². The minimum absolute atomic E-state index is 0.405. The van der Waals surface area contributed by atoms with Crippen LogP contribution in [0.5, 0.6) is 0 Å². The number of hydrogen-bond acceptors (Lipinski definition) is 3. The molecule has 1 fully saturated rings. The molecule has 2 rings (SSSR count). The highest BCUT2D eigenvalue weighted by Gasteiger charge is 2.18. The molecule has 0 amide bonds. The Morgan fingerprint density at radius 2 is 2.17 bits per heavy atom. The zero-order valence-corrected chi connectivity index (χ0v) is 11.3. The summed E-state index contributed by atoms with van der Waals surface area (Å²) in [5, 5.41) is 0. The molecule has 102 valence electrons. The average Bonchev–Trinajstić information content (AvgIpc) is 2.84. The van der Waals surface area contributed by atoms with Crippen LogP contribution in [0.25, 0.3) is 0 Å². The molecule has 4 heteroatoms. The maximum atomic E-state index is 5.91. The fraction of sp³-hybridized carbons (Fsp3) is 0.786. The first-order valence-corrected chi connectivity index (χ1v) is 7.15. The Kier molecular flexibility index (Phi) is 5.20. The van der Waals surface area contributed by atoms with Crippen molar-refractivity contribution in [3.05, 3.63) is 18.2 Å². The summed E-state index contributed by atoms with van der Waals surface area (Å²) in [6, 6.07) is 0.405. The second kappa shape index (κ2) is 6.90. The van der Waals surface area contributed by atoms with Gasteiger partial charge >= 0.3 is 0 Å². The molecule has 18 heavy (non-hydrogen) atoms. The van der Waals surface area contributed by atoms with Crippen LogP contribution in [0.1, 0.15) is 44.7 Å². The van der Waals surface area contributed by atoms with Crippen molar-refractivity contribution < 1.29 is 4.74 Å². The van der Waals surface area contributed by atoms with Crippen LogP contribution < -0.4 is 5.73 Å². The Morgan fingerprint density at radius 1 is 1.39 bits per heavy atom. The van der Waals surface area contributed by atoms with Crippen LogP contribution in [0.3, 0.4) is 0 Å². The fourth-order valence-corrected chi connectivity index (χ4v) is 2.58. The number of imidazole rings is 1. The Bertz CT molecular complexity index is 343. The first kappa shape index (κ1) is 13.6. The van der Waals surface area contributed by atoms with Crippen molar-refractivity contribution in [3.8, 4) is 0 Å². The van der Waals surface area contributed by atoms with E-state index >= 15 is 0 Å². The monoisotopic (exact) mass is 251 g/mol. The van der Waals surface area contributed by atoms with E-state index in [9.17, 15) is 0 Å². The van der Waals surface area contributed by atoms with Crippen molar-refractivity contribution in [3.63, 3.8) is 0 Å². The molecule has 0 aromatic carbocycles. The molecule has 2 N–H and O–H groups in total. The summed E-state index contributed by atoms with van der Waals surface area (Å²) >= 11 is 0. The van der Waals surface area contributed by atoms with Gasteiger partial charge in [0.15, 0.2) is 0 Å². The van der Waals surface area contributed by atoms with Crippen molar-refractivity contribution in [1.82, 2.24) is 9.55 Å². The minimum Gasteiger partial charge on any atom is -0.378 e. The molecule has 0 bridgehead atoms. The SMILES string of the molecule is CCc1cncn1CCCOC1CCC(N)CC1. The summed E-state index contributed by atoms with van der Waals surface area (Å²) in [4.78, 5) is 4.18. The third-order valence-electron chi connectivity index (χ3n) is 3.78. The number of aromatic nitrogens is 2. The van der Waals surface area contributed by atoms with Gasteiger partial charge in [0.1, 0.15) is 0 Å². The van der Waals surface area contributed by atoms with Crippen molar-refractivity contribution in [2.75, 3.05) is 6.61 Å². The van der Waals surface area contributed by atoms with Gasteiger partial charge in [0.25, 0.3) is 0 Å². The highest BCUT2D eigenvalue weighted by atomic mass is 16.5.